The van der Waals surface area contributed by atoms with E-state index in [2.05, 4.69) is 4.74 Å². The first-order valence-electron chi connectivity index (χ1n) is 6.65. The Bertz CT molecular complexity index is 667. The Kier molecular flexibility index (Phi) is 5.12. The number of hydrogen-bond acceptors (Lipinski definition) is 4. The van der Waals surface area contributed by atoms with Gasteiger partial charge in [-0.25, -0.2) is 4.79 Å². The second-order valence-corrected chi connectivity index (χ2v) is 6.06. The molecule has 0 bridgehead atoms. The number of fused-ring (bicyclic) bond motifs is 1. The zero-order valence-electron chi connectivity index (χ0n) is 12.0. The third-order valence-corrected chi connectivity index (χ3v) is 3.73. The first-order chi connectivity index (χ1) is 10.8. The first kappa shape index (κ1) is 17.5. The Balaban J connectivity index is 2.17. The summed E-state index contributed by atoms with van der Waals surface area (Å²) in [6, 6.07) is 6.23. The molecular weight excluding hydrogens is 423 g/mol. The van der Waals surface area contributed by atoms with E-state index in [1.807, 2.05) is 0 Å². The van der Waals surface area contributed by atoms with Gasteiger partial charge in [0.05, 0.1) is 24.3 Å². The lowest BCUT2D eigenvalue weighted by molar-refractivity contribution is -0.164. The summed E-state index contributed by atoms with van der Waals surface area (Å²) in [6.45, 7) is 0.917. The molecule has 5 nitrogen and oxygen atoms in total. The number of alkyl halides is 2. The SMILES string of the molecule is CCOC(=O)C(F)(F)C=C(I)CN1C(=O)c2ccccc2C1=O. The van der Waals surface area contributed by atoms with Crippen LogP contribution in [-0.2, 0) is 9.53 Å². The van der Waals surface area contributed by atoms with Gasteiger partial charge in [0.1, 0.15) is 0 Å². The number of ether oxygens (including phenoxy) is 1. The second kappa shape index (κ2) is 6.73. The van der Waals surface area contributed by atoms with E-state index in [9.17, 15) is 23.2 Å². The number of imide groups is 1. The number of carbonyl (C=O) groups excluding carboxylic acids is 3. The summed E-state index contributed by atoms with van der Waals surface area (Å²) in [5.41, 5.74) is 0.470. The molecule has 1 aliphatic heterocycles. The Labute approximate surface area is 144 Å². The summed E-state index contributed by atoms with van der Waals surface area (Å²) >= 11 is 1.56. The fourth-order valence-corrected chi connectivity index (χ4v) is 2.79. The van der Waals surface area contributed by atoms with Gasteiger partial charge in [0.15, 0.2) is 0 Å². The van der Waals surface area contributed by atoms with E-state index in [0.29, 0.717) is 6.08 Å². The van der Waals surface area contributed by atoms with Crippen LogP contribution >= 0.6 is 22.6 Å². The Morgan fingerprint density at radius 1 is 1.26 bits per heavy atom. The number of rotatable bonds is 5. The Morgan fingerprint density at radius 2 is 1.78 bits per heavy atom. The van der Waals surface area contributed by atoms with Crippen LogP contribution in [-0.4, -0.2) is 41.8 Å². The summed E-state index contributed by atoms with van der Waals surface area (Å²) in [4.78, 5) is 36.3. The van der Waals surface area contributed by atoms with Crippen molar-refractivity contribution in [2.45, 2.75) is 12.8 Å². The largest absolute Gasteiger partial charge is 0.461 e. The van der Waals surface area contributed by atoms with Gasteiger partial charge < -0.3 is 4.74 Å². The molecule has 0 unspecified atom stereocenters. The van der Waals surface area contributed by atoms with E-state index in [-0.39, 0.29) is 27.9 Å². The van der Waals surface area contributed by atoms with Gasteiger partial charge in [-0.15, -0.1) is 0 Å². The molecule has 0 N–H and O–H groups in total. The topological polar surface area (TPSA) is 63.7 Å². The molecule has 8 heteroatoms. The second-order valence-electron chi connectivity index (χ2n) is 4.68. The van der Waals surface area contributed by atoms with Gasteiger partial charge in [-0.1, -0.05) is 12.1 Å². The molecule has 23 heavy (non-hydrogen) atoms. The van der Waals surface area contributed by atoms with Crippen molar-refractivity contribution in [2.75, 3.05) is 13.2 Å². The lowest BCUT2D eigenvalue weighted by atomic mass is 10.1. The molecule has 0 aromatic heterocycles. The number of halogens is 3. The highest BCUT2D eigenvalue weighted by molar-refractivity contribution is 14.1. The van der Waals surface area contributed by atoms with Crippen LogP contribution in [0.5, 0.6) is 0 Å². The molecule has 0 radical (unpaired) electrons. The van der Waals surface area contributed by atoms with E-state index in [4.69, 9.17) is 0 Å². The number of amides is 2. The summed E-state index contributed by atoms with van der Waals surface area (Å²) in [5.74, 6) is -6.58. The maximum atomic E-state index is 13.6. The number of esters is 1. The van der Waals surface area contributed by atoms with Crippen molar-refractivity contribution in [1.82, 2.24) is 4.90 Å². The van der Waals surface area contributed by atoms with Crippen molar-refractivity contribution in [1.29, 1.82) is 0 Å². The van der Waals surface area contributed by atoms with Gasteiger partial charge in [-0.05, 0) is 41.6 Å². The van der Waals surface area contributed by atoms with Crippen molar-refractivity contribution < 1.29 is 27.9 Å². The van der Waals surface area contributed by atoms with E-state index in [0.717, 1.165) is 4.90 Å². The predicted molar refractivity (Wildman–Crippen MR) is 85.5 cm³/mol. The first-order valence-corrected chi connectivity index (χ1v) is 7.73. The van der Waals surface area contributed by atoms with Crippen molar-refractivity contribution in [3.63, 3.8) is 0 Å². The number of nitrogens with zero attached hydrogens (tertiary/aromatic N) is 1. The molecule has 0 saturated heterocycles. The maximum absolute atomic E-state index is 13.6. The molecule has 1 aromatic rings. The van der Waals surface area contributed by atoms with Crippen LogP contribution in [0.15, 0.2) is 33.9 Å². The van der Waals surface area contributed by atoms with Crippen LogP contribution in [0.4, 0.5) is 8.78 Å². The molecule has 122 valence electrons. The van der Waals surface area contributed by atoms with Crippen LogP contribution in [0.1, 0.15) is 27.6 Å². The van der Waals surface area contributed by atoms with Gasteiger partial charge in [0.25, 0.3) is 11.8 Å². The number of carbonyl (C=O) groups is 3. The summed E-state index contributed by atoms with van der Waals surface area (Å²) < 4.78 is 31.6. The smallest absolute Gasteiger partial charge is 0.381 e. The highest BCUT2D eigenvalue weighted by Gasteiger charge is 2.40. The monoisotopic (exact) mass is 435 g/mol. The van der Waals surface area contributed by atoms with E-state index < -0.39 is 23.7 Å². The lowest BCUT2D eigenvalue weighted by Gasteiger charge is -2.15. The summed E-state index contributed by atoms with van der Waals surface area (Å²) in [7, 11) is 0. The van der Waals surface area contributed by atoms with Crippen LogP contribution < -0.4 is 0 Å². The van der Waals surface area contributed by atoms with Crippen LogP contribution in [0.3, 0.4) is 0 Å². The molecular formula is C15H12F2INO4. The molecule has 0 atom stereocenters. The molecule has 2 rings (SSSR count). The Morgan fingerprint density at radius 3 is 2.26 bits per heavy atom. The normalized spacial score (nSPS) is 15.0. The highest BCUT2D eigenvalue weighted by Crippen LogP contribution is 2.27. The maximum Gasteiger partial charge on any atom is 0.381 e. The van der Waals surface area contributed by atoms with Crippen molar-refractivity contribution in [2.24, 2.45) is 0 Å². The zero-order chi connectivity index (χ0) is 17.2. The van der Waals surface area contributed by atoms with Crippen LogP contribution in [0, 0.1) is 0 Å². The average molecular weight is 435 g/mol. The molecule has 1 heterocycles. The van der Waals surface area contributed by atoms with Gasteiger partial charge in [-0.2, -0.15) is 8.78 Å². The number of benzene rings is 1. The minimum Gasteiger partial charge on any atom is -0.461 e. The summed E-state index contributed by atoms with van der Waals surface area (Å²) in [6.07, 6.45) is 0.398. The quantitative estimate of drug-likeness (QED) is 0.406. The molecule has 0 saturated carbocycles. The van der Waals surface area contributed by atoms with Gasteiger partial charge >= 0.3 is 11.9 Å². The van der Waals surface area contributed by atoms with Crippen molar-refractivity contribution in [3.05, 3.63) is 45.0 Å². The zero-order valence-corrected chi connectivity index (χ0v) is 14.2. The summed E-state index contributed by atoms with van der Waals surface area (Å²) in [5, 5.41) is 0. The van der Waals surface area contributed by atoms with Gasteiger partial charge in [0, 0.05) is 9.66 Å². The van der Waals surface area contributed by atoms with Gasteiger partial charge in [0.2, 0.25) is 0 Å². The van der Waals surface area contributed by atoms with Gasteiger partial charge in [-0.3, -0.25) is 14.5 Å². The van der Waals surface area contributed by atoms with Crippen molar-refractivity contribution in [3.8, 4) is 0 Å². The molecule has 0 aliphatic carbocycles. The fourth-order valence-electron chi connectivity index (χ4n) is 2.06. The third kappa shape index (κ3) is 3.57. The molecule has 1 aromatic carbocycles. The fraction of sp³-hybridized carbons (Fsp3) is 0.267. The molecule has 1 aliphatic rings. The highest BCUT2D eigenvalue weighted by atomic mass is 127. The minimum absolute atomic E-state index is 0.0184. The molecule has 0 fully saturated rings. The Hall–Kier alpha value is -1.84. The number of hydrogen-bond donors (Lipinski definition) is 0. The molecule has 2 amide bonds. The van der Waals surface area contributed by atoms with Crippen molar-refractivity contribution >= 4 is 40.4 Å². The lowest BCUT2D eigenvalue weighted by Crippen LogP contribution is -2.33. The standard InChI is InChI=1S/C15H12F2INO4/c1-2-23-14(22)15(16,17)7-9(18)8-19-12(20)10-5-3-4-6-11(10)13(19)21/h3-7H,2,8H2,1H3. The third-order valence-electron chi connectivity index (χ3n) is 3.07. The van der Waals surface area contributed by atoms with E-state index >= 15 is 0 Å². The van der Waals surface area contributed by atoms with E-state index in [1.165, 1.54) is 19.1 Å². The predicted octanol–water partition coefficient (Wildman–Crippen LogP) is 2.80. The van der Waals surface area contributed by atoms with E-state index in [1.54, 1.807) is 34.7 Å². The molecule has 0 spiro atoms. The van der Waals surface area contributed by atoms with Crippen LogP contribution in [0.2, 0.25) is 0 Å². The average Bonchev–Trinajstić information content (AvgIpc) is 2.72. The minimum atomic E-state index is -3.81. The van der Waals surface area contributed by atoms with Crippen LogP contribution in [0.25, 0.3) is 0 Å².